The molecular weight excluding hydrogens is 420 g/mol. The molecule has 0 aliphatic carbocycles. The minimum absolute atomic E-state index is 0.0700. The quantitative estimate of drug-likeness (QED) is 0.438. The average molecular weight is 447 g/mol. The summed E-state index contributed by atoms with van der Waals surface area (Å²) in [5, 5.41) is 7.00. The number of methoxy groups -OCH3 is 1. The molecular formula is C25H26N4O2S. The van der Waals surface area contributed by atoms with Gasteiger partial charge in [0.2, 0.25) is 0 Å². The van der Waals surface area contributed by atoms with E-state index in [1.807, 2.05) is 18.2 Å². The fourth-order valence-electron chi connectivity index (χ4n) is 4.09. The van der Waals surface area contributed by atoms with Crippen LogP contribution in [0, 0.1) is 0 Å². The molecule has 0 bridgehead atoms. The number of rotatable bonds is 7. The molecule has 7 heteroatoms. The molecule has 1 aliphatic rings. The van der Waals surface area contributed by atoms with Crippen LogP contribution >= 0.6 is 11.3 Å². The van der Waals surface area contributed by atoms with E-state index in [0.717, 1.165) is 60.2 Å². The van der Waals surface area contributed by atoms with Crippen molar-refractivity contribution in [2.75, 3.05) is 45.3 Å². The molecule has 1 unspecified atom stereocenters. The van der Waals surface area contributed by atoms with Crippen LogP contribution in [0.15, 0.2) is 66.3 Å². The van der Waals surface area contributed by atoms with Gasteiger partial charge in [-0.3, -0.25) is 4.90 Å². The van der Waals surface area contributed by atoms with Gasteiger partial charge in [0.15, 0.2) is 0 Å². The SMILES string of the molecule is COc1ccc(C(CN2CCOCC2)Nc2ncnc3scc(-c4ccccc4)c23)cc1. The van der Waals surface area contributed by atoms with E-state index in [2.05, 4.69) is 62.0 Å². The highest BCUT2D eigenvalue weighted by Crippen LogP contribution is 2.37. The van der Waals surface area contributed by atoms with Gasteiger partial charge in [0, 0.05) is 30.6 Å². The smallest absolute Gasteiger partial charge is 0.139 e. The standard InChI is InChI=1S/C25H26N4O2S/c1-30-20-9-7-19(8-10-20)22(15-29-11-13-31-14-12-29)28-24-23-21(18-5-3-2-4-6-18)16-32-25(23)27-17-26-24/h2-10,16-17,22H,11-15H2,1H3,(H,26,27,28). The number of hydrogen-bond acceptors (Lipinski definition) is 7. The summed E-state index contributed by atoms with van der Waals surface area (Å²) >= 11 is 1.65. The van der Waals surface area contributed by atoms with Crippen molar-refractivity contribution in [3.05, 3.63) is 71.9 Å². The van der Waals surface area contributed by atoms with E-state index >= 15 is 0 Å². The Hall–Kier alpha value is -3.00. The topological polar surface area (TPSA) is 59.5 Å². The summed E-state index contributed by atoms with van der Waals surface area (Å²) in [5.41, 5.74) is 3.53. The van der Waals surface area contributed by atoms with Crippen molar-refractivity contribution in [1.82, 2.24) is 14.9 Å². The third-order valence-corrected chi connectivity index (χ3v) is 6.71. The largest absolute Gasteiger partial charge is 0.497 e. The van der Waals surface area contributed by atoms with Crippen molar-refractivity contribution in [3.8, 4) is 16.9 Å². The van der Waals surface area contributed by atoms with E-state index in [-0.39, 0.29) is 6.04 Å². The number of hydrogen-bond donors (Lipinski definition) is 1. The van der Waals surface area contributed by atoms with Crippen LogP contribution in [-0.4, -0.2) is 54.8 Å². The van der Waals surface area contributed by atoms with Gasteiger partial charge >= 0.3 is 0 Å². The fourth-order valence-corrected chi connectivity index (χ4v) is 5.01. The molecule has 5 rings (SSSR count). The van der Waals surface area contributed by atoms with E-state index in [1.165, 1.54) is 11.1 Å². The number of nitrogens with one attached hydrogen (secondary N) is 1. The number of thiophene rings is 1. The Morgan fingerprint density at radius 2 is 1.84 bits per heavy atom. The number of aromatic nitrogens is 2. The fraction of sp³-hybridized carbons (Fsp3) is 0.280. The number of fused-ring (bicyclic) bond motifs is 1. The summed E-state index contributed by atoms with van der Waals surface area (Å²) in [4.78, 5) is 12.6. The zero-order valence-corrected chi connectivity index (χ0v) is 18.8. The molecule has 1 saturated heterocycles. The first-order valence-electron chi connectivity index (χ1n) is 10.8. The van der Waals surface area contributed by atoms with Crippen LogP contribution in [0.5, 0.6) is 5.75 Å². The number of nitrogens with zero attached hydrogens (tertiary/aromatic N) is 3. The summed E-state index contributed by atoms with van der Waals surface area (Å²) in [6, 6.07) is 18.8. The first-order chi connectivity index (χ1) is 15.8. The van der Waals surface area contributed by atoms with Gasteiger partial charge in [-0.2, -0.15) is 0 Å². The van der Waals surface area contributed by atoms with Crippen LogP contribution in [0.3, 0.4) is 0 Å². The van der Waals surface area contributed by atoms with Crippen LogP contribution in [-0.2, 0) is 4.74 Å². The number of anilines is 1. The Bertz CT molecular complexity index is 1160. The van der Waals surface area contributed by atoms with E-state index in [9.17, 15) is 0 Å². The first kappa shape index (κ1) is 20.9. The van der Waals surface area contributed by atoms with Gasteiger partial charge in [0.05, 0.1) is 31.8 Å². The highest BCUT2D eigenvalue weighted by atomic mass is 32.1. The molecule has 1 atom stereocenters. The normalized spacial score (nSPS) is 15.5. The maximum atomic E-state index is 5.55. The summed E-state index contributed by atoms with van der Waals surface area (Å²) in [5.74, 6) is 1.72. The van der Waals surface area contributed by atoms with Crippen molar-refractivity contribution in [2.24, 2.45) is 0 Å². The van der Waals surface area contributed by atoms with Crippen LogP contribution in [0.2, 0.25) is 0 Å². The van der Waals surface area contributed by atoms with Crippen LogP contribution in [0.25, 0.3) is 21.3 Å². The van der Waals surface area contributed by atoms with Gasteiger partial charge in [-0.25, -0.2) is 9.97 Å². The Balaban J connectivity index is 1.51. The predicted octanol–water partition coefficient (Wildman–Crippen LogP) is 4.85. The molecule has 0 amide bonds. The molecule has 4 aromatic rings. The highest BCUT2D eigenvalue weighted by Gasteiger charge is 2.21. The lowest BCUT2D eigenvalue weighted by Gasteiger charge is -2.31. The molecule has 6 nitrogen and oxygen atoms in total. The van der Waals surface area contributed by atoms with Crippen molar-refractivity contribution < 1.29 is 9.47 Å². The Labute approximate surface area is 191 Å². The maximum Gasteiger partial charge on any atom is 0.139 e. The van der Waals surface area contributed by atoms with E-state index in [4.69, 9.17) is 9.47 Å². The number of morpholine rings is 1. The molecule has 1 N–H and O–H groups in total. The summed E-state index contributed by atoms with van der Waals surface area (Å²) in [7, 11) is 1.69. The zero-order valence-electron chi connectivity index (χ0n) is 18.0. The van der Waals surface area contributed by atoms with Gasteiger partial charge in [-0.15, -0.1) is 11.3 Å². The van der Waals surface area contributed by atoms with Gasteiger partial charge in [-0.1, -0.05) is 42.5 Å². The second kappa shape index (κ2) is 9.65. The number of ether oxygens (including phenoxy) is 2. The lowest BCUT2D eigenvalue weighted by Crippen LogP contribution is -2.40. The van der Waals surface area contributed by atoms with Crippen molar-refractivity contribution in [3.63, 3.8) is 0 Å². The van der Waals surface area contributed by atoms with Crippen molar-refractivity contribution in [1.29, 1.82) is 0 Å². The molecule has 32 heavy (non-hydrogen) atoms. The van der Waals surface area contributed by atoms with Crippen LogP contribution < -0.4 is 10.1 Å². The molecule has 1 aliphatic heterocycles. The van der Waals surface area contributed by atoms with E-state index in [1.54, 1.807) is 24.8 Å². The van der Waals surface area contributed by atoms with E-state index in [0.29, 0.717) is 0 Å². The Kier molecular flexibility index (Phi) is 6.29. The minimum Gasteiger partial charge on any atom is -0.497 e. The Morgan fingerprint density at radius 3 is 2.59 bits per heavy atom. The van der Waals surface area contributed by atoms with Gasteiger partial charge in [0.25, 0.3) is 0 Å². The highest BCUT2D eigenvalue weighted by molar-refractivity contribution is 7.17. The van der Waals surface area contributed by atoms with Gasteiger partial charge in [-0.05, 0) is 23.3 Å². The van der Waals surface area contributed by atoms with Gasteiger partial charge in [0.1, 0.15) is 22.7 Å². The Morgan fingerprint density at radius 1 is 1.06 bits per heavy atom. The lowest BCUT2D eigenvalue weighted by atomic mass is 10.0. The monoisotopic (exact) mass is 446 g/mol. The molecule has 0 saturated carbocycles. The average Bonchev–Trinajstić information content (AvgIpc) is 3.30. The third kappa shape index (κ3) is 4.46. The second-order valence-electron chi connectivity index (χ2n) is 7.80. The zero-order chi connectivity index (χ0) is 21.8. The third-order valence-electron chi connectivity index (χ3n) is 5.83. The summed E-state index contributed by atoms with van der Waals surface area (Å²) in [6.07, 6.45) is 1.65. The van der Waals surface area contributed by atoms with Gasteiger partial charge < -0.3 is 14.8 Å². The second-order valence-corrected chi connectivity index (χ2v) is 8.66. The minimum atomic E-state index is 0.0700. The molecule has 2 aromatic heterocycles. The first-order valence-corrected chi connectivity index (χ1v) is 11.7. The summed E-state index contributed by atoms with van der Waals surface area (Å²) < 4.78 is 10.9. The number of benzene rings is 2. The predicted molar refractivity (Wildman–Crippen MR) is 129 cm³/mol. The maximum absolute atomic E-state index is 5.55. The van der Waals surface area contributed by atoms with E-state index < -0.39 is 0 Å². The summed E-state index contributed by atoms with van der Waals surface area (Å²) in [6.45, 7) is 4.28. The molecule has 0 spiro atoms. The van der Waals surface area contributed by atoms with Crippen LogP contribution in [0.4, 0.5) is 5.82 Å². The van der Waals surface area contributed by atoms with Crippen LogP contribution in [0.1, 0.15) is 11.6 Å². The molecule has 0 radical (unpaired) electrons. The molecule has 2 aromatic carbocycles. The molecule has 1 fully saturated rings. The lowest BCUT2D eigenvalue weighted by molar-refractivity contribution is 0.0361. The van der Waals surface area contributed by atoms with Crippen molar-refractivity contribution >= 4 is 27.4 Å². The molecule has 164 valence electrons. The molecule has 3 heterocycles. The van der Waals surface area contributed by atoms with Crippen molar-refractivity contribution in [2.45, 2.75) is 6.04 Å².